The van der Waals surface area contributed by atoms with Gasteiger partial charge in [0, 0.05) is 24.6 Å². The van der Waals surface area contributed by atoms with Crippen molar-refractivity contribution in [2.75, 3.05) is 7.11 Å². The van der Waals surface area contributed by atoms with Crippen LogP contribution in [-0.2, 0) is 16.1 Å². The lowest BCUT2D eigenvalue weighted by molar-refractivity contribution is -0.138. The molecule has 0 bridgehead atoms. The van der Waals surface area contributed by atoms with Gasteiger partial charge >= 0.3 is 0 Å². The second kappa shape index (κ2) is 7.89. The van der Waals surface area contributed by atoms with E-state index >= 15 is 0 Å². The van der Waals surface area contributed by atoms with Crippen LogP contribution in [0.4, 0.5) is 0 Å². The highest BCUT2D eigenvalue weighted by molar-refractivity contribution is 5.89. The van der Waals surface area contributed by atoms with E-state index in [4.69, 9.17) is 4.74 Å². The van der Waals surface area contributed by atoms with Crippen molar-refractivity contribution >= 4 is 11.8 Å². The molecule has 5 heteroatoms. The number of carbonyl (C=O) groups excluding carboxylic acids is 2. The maximum absolute atomic E-state index is 13.0. The van der Waals surface area contributed by atoms with E-state index in [1.165, 1.54) is 0 Å². The number of methoxy groups -OCH3 is 1. The lowest BCUT2D eigenvalue weighted by atomic mass is 9.71. The fourth-order valence-electron chi connectivity index (χ4n) is 3.74. The van der Waals surface area contributed by atoms with E-state index in [-0.39, 0.29) is 11.8 Å². The lowest BCUT2D eigenvalue weighted by Crippen LogP contribution is -2.45. The molecule has 2 aliphatic rings. The van der Waals surface area contributed by atoms with Gasteiger partial charge in [0.2, 0.25) is 11.8 Å². The molecular formula is C20H28N2O3. The first-order chi connectivity index (χ1) is 12.1. The molecule has 0 spiro atoms. The van der Waals surface area contributed by atoms with Crippen molar-refractivity contribution in [3.8, 4) is 5.75 Å². The zero-order valence-electron chi connectivity index (χ0n) is 15.0. The summed E-state index contributed by atoms with van der Waals surface area (Å²) in [5, 5.41) is 6.09. The van der Waals surface area contributed by atoms with Gasteiger partial charge in [-0.3, -0.25) is 9.59 Å². The van der Waals surface area contributed by atoms with Crippen molar-refractivity contribution in [2.45, 2.75) is 64.0 Å². The Balaban J connectivity index is 1.65. The molecule has 2 N–H and O–H groups in total. The van der Waals surface area contributed by atoms with Crippen LogP contribution in [-0.4, -0.2) is 25.0 Å². The molecular weight excluding hydrogens is 316 g/mol. The van der Waals surface area contributed by atoms with Crippen LogP contribution in [0.1, 0.15) is 56.9 Å². The number of amides is 2. The Bertz CT molecular complexity index is 619. The van der Waals surface area contributed by atoms with Crippen LogP contribution < -0.4 is 15.4 Å². The van der Waals surface area contributed by atoms with E-state index in [0.29, 0.717) is 19.0 Å². The van der Waals surface area contributed by atoms with Crippen LogP contribution in [0.3, 0.4) is 0 Å². The molecule has 1 aromatic rings. The van der Waals surface area contributed by atoms with E-state index in [1.54, 1.807) is 7.11 Å². The van der Waals surface area contributed by atoms with Gasteiger partial charge in [-0.1, -0.05) is 37.5 Å². The van der Waals surface area contributed by atoms with Crippen molar-refractivity contribution in [3.05, 3.63) is 29.8 Å². The molecule has 0 atom stereocenters. The molecule has 0 unspecified atom stereocenters. The van der Waals surface area contributed by atoms with Gasteiger partial charge in [0.05, 0.1) is 12.5 Å². The third-order valence-electron chi connectivity index (χ3n) is 5.37. The van der Waals surface area contributed by atoms with Gasteiger partial charge in [-0.25, -0.2) is 0 Å². The monoisotopic (exact) mass is 344 g/mol. The summed E-state index contributed by atoms with van der Waals surface area (Å²) < 4.78 is 5.35. The molecule has 0 aliphatic heterocycles. The van der Waals surface area contributed by atoms with Gasteiger partial charge in [-0.2, -0.15) is 0 Å². The highest BCUT2D eigenvalue weighted by Crippen LogP contribution is 2.40. The Morgan fingerprint density at radius 1 is 1.16 bits per heavy atom. The smallest absolute Gasteiger partial charge is 0.227 e. The number of hydrogen-bond acceptors (Lipinski definition) is 3. The van der Waals surface area contributed by atoms with Crippen molar-refractivity contribution < 1.29 is 14.3 Å². The van der Waals surface area contributed by atoms with Gasteiger partial charge in [-0.05, 0) is 31.7 Å². The first-order valence-electron chi connectivity index (χ1n) is 9.32. The van der Waals surface area contributed by atoms with Crippen LogP contribution >= 0.6 is 0 Å². The summed E-state index contributed by atoms with van der Waals surface area (Å²) in [5.74, 6) is 0.799. The van der Waals surface area contributed by atoms with Gasteiger partial charge in [0.25, 0.3) is 0 Å². The van der Waals surface area contributed by atoms with Crippen LogP contribution in [0, 0.1) is 5.41 Å². The molecule has 0 saturated heterocycles. The molecule has 0 aromatic heterocycles. The van der Waals surface area contributed by atoms with E-state index in [9.17, 15) is 9.59 Å². The van der Waals surface area contributed by atoms with Crippen molar-refractivity contribution in [1.82, 2.24) is 10.6 Å². The number of benzene rings is 1. The Morgan fingerprint density at radius 3 is 2.56 bits per heavy atom. The largest absolute Gasteiger partial charge is 0.496 e. The molecule has 0 heterocycles. The van der Waals surface area contributed by atoms with Crippen LogP contribution in [0.2, 0.25) is 0 Å². The molecule has 0 radical (unpaired) electrons. The molecule has 2 amide bonds. The Hall–Kier alpha value is -2.04. The predicted molar refractivity (Wildman–Crippen MR) is 96.1 cm³/mol. The molecule has 2 aliphatic carbocycles. The first kappa shape index (κ1) is 17.8. The number of hydrogen-bond donors (Lipinski definition) is 2. The molecule has 3 rings (SSSR count). The molecule has 5 nitrogen and oxygen atoms in total. The van der Waals surface area contributed by atoms with E-state index < -0.39 is 5.41 Å². The lowest BCUT2D eigenvalue weighted by Gasteiger charge is -2.35. The normalized spacial score (nSPS) is 19.1. The van der Waals surface area contributed by atoms with Gasteiger partial charge < -0.3 is 15.4 Å². The SMILES string of the molecule is COc1ccccc1CNC(=O)C1(CC(=O)NC2CC2)CCCCC1. The summed E-state index contributed by atoms with van der Waals surface area (Å²) in [7, 11) is 1.63. The summed E-state index contributed by atoms with van der Waals surface area (Å²) in [4.78, 5) is 25.3. The first-order valence-corrected chi connectivity index (χ1v) is 9.32. The molecule has 2 fully saturated rings. The average molecular weight is 344 g/mol. The number of carbonyl (C=O) groups is 2. The molecule has 136 valence electrons. The maximum atomic E-state index is 13.0. The number of rotatable bonds is 7. The second-order valence-electron chi connectivity index (χ2n) is 7.35. The topological polar surface area (TPSA) is 67.4 Å². The molecule has 1 aromatic carbocycles. The number of ether oxygens (including phenoxy) is 1. The minimum atomic E-state index is -0.556. The Labute approximate surface area is 149 Å². The van der Waals surface area contributed by atoms with E-state index in [1.807, 2.05) is 24.3 Å². The fraction of sp³-hybridized carbons (Fsp3) is 0.600. The highest BCUT2D eigenvalue weighted by Gasteiger charge is 2.41. The van der Waals surface area contributed by atoms with Crippen molar-refractivity contribution in [3.63, 3.8) is 0 Å². The zero-order chi connectivity index (χ0) is 17.7. The number of nitrogens with one attached hydrogen (secondary N) is 2. The Kier molecular flexibility index (Phi) is 5.61. The second-order valence-corrected chi connectivity index (χ2v) is 7.35. The average Bonchev–Trinajstić information content (AvgIpc) is 3.44. The third kappa shape index (κ3) is 4.53. The third-order valence-corrected chi connectivity index (χ3v) is 5.37. The van der Waals surface area contributed by atoms with E-state index in [0.717, 1.165) is 56.3 Å². The summed E-state index contributed by atoms with van der Waals surface area (Å²) in [5.41, 5.74) is 0.394. The Morgan fingerprint density at radius 2 is 1.88 bits per heavy atom. The number of para-hydroxylation sites is 1. The maximum Gasteiger partial charge on any atom is 0.227 e. The van der Waals surface area contributed by atoms with Crippen molar-refractivity contribution in [1.29, 1.82) is 0 Å². The summed E-state index contributed by atoms with van der Waals surface area (Å²) in [6.07, 6.45) is 7.20. The summed E-state index contributed by atoms with van der Waals surface area (Å²) in [6.45, 7) is 0.425. The van der Waals surface area contributed by atoms with Gasteiger partial charge in [-0.15, -0.1) is 0 Å². The highest BCUT2D eigenvalue weighted by atomic mass is 16.5. The fourth-order valence-corrected chi connectivity index (χ4v) is 3.74. The zero-order valence-corrected chi connectivity index (χ0v) is 15.0. The van der Waals surface area contributed by atoms with E-state index in [2.05, 4.69) is 10.6 Å². The van der Waals surface area contributed by atoms with Gasteiger partial charge in [0.15, 0.2) is 0 Å². The summed E-state index contributed by atoms with van der Waals surface area (Å²) in [6, 6.07) is 8.02. The quantitative estimate of drug-likeness (QED) is 0.799. The standard InChI is InChI=1S/C20H28N2O3/c1-25-17-8-4-3-7-15(17)14-21-19(24)20(11-5-2-6-12-20)13-18(23)22-16-9-10-16/h3-4,7-8,16H,2,5-6,9-14H2,1H3,(H,21,24)(H,22,23). The minimum Gasteiger partial charge on any atom is -0.496 e. The van der Waals surface area contributed by atoms with Crippen LogP contribution in [0.25, 0.3) is 0 Å². The predicted octanol–water partition coefficient (Wildman–Crippen LogP) is 2.93. The molecule has 2 saturated carbocycles. The van der Waals surface area contributed by atoms with Crippen molar-refractivity contribution in [2.24, 2.45) is 5.41 Å². The van der Waals surface area contributed by atoms with Gasteiger partial charge in [0.1, 0.15) is 5.75 Å². The van der Waals surface area contributed by atoms with Crippen LogP contribution in [0.5, 0.6) is 5.75 Å². The summed E-state index contributed by atoms with van der Waals surface area (Å²) >= 11 is 0. The molecule has 25 heavy (non-hydrogen) atoms. The van der Waals surface area contributed by atoms with Crippen LogP contribution in [0.15, 0.2) is 24.3 Å². The minimum absolute atomic E-state index is 0.00375.